The van der Waals surface area contributed by atoms with E-state index in [9.17, 15) is 22.0 Å². The predicted octanol–water partition coefficient (Wildman–Crippen LogP) is 3.06. The molecule has 0 fully saturated rings. The molecule has 0 aliphatic heterocycles. The first-order valence-electron chi connectivity index (χ1n) is 4.06. The highest BCUT2D eigenvalue weighted by Gasteiger charge is 2.32. The molecule has 3 nitrogen and oxygen atoms in total. The van der Waals surface area contributed by atoms with Crippen molar-refractivity contribution in [2.75, 3.05) is 0 Å². The van der Waals surface area contributed by atoms with E-state index in [-0.39, 0.29) is 0 Å². The smallest absolute Gasteiger partial charge is 0.435 e. The second-order valence-corrected chi connectivity index (χ2v) is 2.70. The highest BCUT2D eigenvalue weighted by molar-refractivity contribution is 5.47. The van der Waals surface area contributed by atoms with Gasteiger partial charge in [0.15, 0.2) is 5.75 Å². The molecule has 0 unspecified atom stereocenters. The van der Waals surface area contributed by atoms with Gasteiger partial charge in [-0.1, -0.05) is 0 Å². The van der Waals surface area contributed by atoms with Crippen molar-refractivity contribution in [3.63, 3.8) is 0 Å². The number of ether oxygens (including phenoxy) is 2. The first-order valence-corrected chi connectivity index (χ1v) is 4.06. The number of halogens is 5. The van der Waals surface area contributed by atoms with Crippen LogP contribution in [0, 0.1) is 11.3 Å². The summed E-state index contributed by atoms with van der Waals surface area (Å²) >= 11 is 0. The number of hydrogen-bond acceptors (Lipinski definition) is 3. The Balaban J connectivity index is 3.03. The number of benzene rings is 1. The molecule has 0 aromatic heterocycles. The van der Waals surface area contributed by atoms with Crippen LogP contribution in [0.15, 0.2) is 18.2 Å². The van der Waals surface area contributed by atoms with E-state index in [4.69, 9.17) is 5.26 Å². The van der Waals surface area contributed by atoms with E-state index in [0.29, 0.717) is 6.07 Å². The molecule has 0 saturated heterocycles. The van der Waals surface area contributed by atoms with E-state index in [0.717, 1.165) is 12.1 Å². The highest BCUT2D eigenvalue weighted by Crippen LogP contribution is 2.30. The monoisotopic (exact) mass is 253 g/mol. The fourth-order valence-corrected chi connectivity index (χ4v) is 0.980. The first kappa shape index (κ1) is 13.0. The van der Waals surface area contributed by atoms with Crippen LogP contribution in [-0.2, 0) is 0 Å². The van der Waals surface area contributed by atoms with Crippen molar-refractivity contribution < 1.29 is 31.4 Å². The zero-order valence-electron chi connectivity index (χ0n) is 7.96. The molecule has 1 rings (SSSR count). The van der Waals surface area contributed by atoms with Crippen molar-refractivity contribution in [3.05, 3.63) is 23.8 Å². The van der Waals surface area contributed by atoms with Crippen molar-refractivity contribution >= 4 is 0 Å². The minimum Gasteiger partial charge on any atom is -0.435 e. The number of alkyl halides is 5. The molecule has 0 N–H and O–H groups in total. The van der Waals surface area contributed by atoms with Gasteiger partial charge < -0.3 is 9.47 Å². The maximum atomic E-state index is 11.9. The Hall–Kier alpha value is -2.04. The van der Waals surface area contributed by atoms with Crippen LogP contribution in [0.5, 0.6) is 11.5 Å². The van der Waals surface area contributed by atoms with Gasteiger partial charge in [0.2, 0.25) is 0 Å². The van der Waals surface area contributed by atoms with E-state index in [1.165, 1.54) is 6.07 Å². The maximum absolute atomic E-state index is 11.9. The number of nitrogens with zero attached hydrogens (tertiary/aromatic N) is 1. The van der Waals surface area contributed by atoms with E-state index >= 15 is 0 Å². The summed E-state index contributed by atoms with van der Waals surface area (Å²) in [7, 11) is 0. The van der Waals surface area contributed by atoms with Crippen LogP contribution in [0.25, 0.3) is 0 Å². The molecule has 0 saturated carbocycles. The summed E-state index contributed by atoms with van der Waals surface area (Å²) < 4.78 is 66.8. The molecule has 0 amide bonds. The van der Waals surface area contributed by atoms with Crippen LogP contribution in [0.1, 0.15) is 5.56 Å². The Morgan fingerprint density at radius 3 is 2.35 bits per heavy atom. The minimum absolute atomic E-state index is 0.441. The molecule has 0 radical (unpaired) electrons. The predicted molar refractivity (Wildman–Crippen MR) is 44.5 cm³/mol. The summed E-state index contributed by atoms with van der Waals surface area (Å²) in [4.78, 5) is 0. The fourth-order valence-electron chi connectivity index (χ4n) is 0.980. The zero-order valence-corrected chi connectivity index (χ0v) is 7.96. The summed E-state index contributed by atoms with van der Waals surface area (Å²) in [5.41, 5.74) is -0.441. The molecule has 1 aromatic carbocycles. The third kappa shape index (κ3) is 4.14. The molecule has 1 aromatic rings. The van der Waals surface area contributed by atoms with Crippen molar-refractivity contribution in [1.82, 2.24) is 0 Å². The SMILES string of the molecule is N#Cc1ccc(OC(F)F)cc1OC(F)(F)F. The third-order valence-corrected chi connectivity index (χ3v) is 1.52. The molecule has 0 aliphatic carbocycles. The van der Waals surface area contributed by atoms with E-state index < -0.39 is 30.0 Å². The second-order valence-electron chi connectivity index (χ2n) is 2.70. The number of nitriles is 1. The summed E-state index contributed by atoms with van der Waals surface area (Å²) in [5.74, 6) is -1.42. The van der Waals surface area contributed by atoms with Gasteiger partial charge in [-0.15, -0.1) is 13.2 Å². The zero-order chi connectivity index (χ0) is 13.1. The van der Waals surface area contributed by atoms with Crippen molar-refractivity contribution in [1.29, 1.82) is 5.26 Å². The lowest BCUT2D eigenvalue weighted by Crippen LogP contribution is -2.18. The van der Waals surface area contributed by atoms with Crippen LogP contribution in [-0.4, -0.2) is 13.0 Å². The second kappa shape index (κ2) is 4.86. The van der Waals surface area contributed by atoms with Crippen LogP contribution >= 0.6 is 0 Å². The average molecular weight is 253 g/mol. The van der Waals surface area contributed by atoms with Gasteiger partial charge in [0, 0.05) is 6.07 Å². The van der Waals surface area contributed by atoms with Crippen LogP contribution in [0.3, 0.4) is 0 Å². The van der Waals surface area contributed by atoms with E-state index in [1.54, 1.807) is 0 Å². The summed E-state index contributed by atoms with van der Waals surface area (Å²) in [6.45, 7) is -3.18. The molecule has 17 heavy (non-hydrogen) atoms. The Bertz CT molecular complexity index is 438. The number of rotatable bonds is 3. The average Bonchev–Trinajstić information content (AvgIpc) is 2.14. The Labute approximate surface area is 92.0 Å². The van der Waals surface area contributed by atoms with Crippen LogP contribution in [0.2, 0.25) is 0 Å². The Kier molecular flexibility index (Phi) is 3.73. The van der Waals surface area contributed by atoms with Gasteiger partial charge in [-0.3, -0.25) is 0 Å². The molecule has 8 heteroatoms. The van der Waals surface area contributed by atoms with Crippen LogP contribution < -0.4 is 9.47 Å². The lowest BCUT2D eigenvalue weighted by Gasteiger charge is -2.11. The van der Waals surface area contributed by atoms with Crippen LogP contribution in [0.4, 0.5) is 22.0 Å². The quantitative estimate of drug-likeness (QED) is 0.777. The summed E-state index contributed by atoms with van der Waals surface area (Å²) in [5, 5.41) is 8.50. The van der Waals surface area contributed by atoms with E-state index in [2.05, 4.69) is 9.47 Å². The summed E-state index contributed by atoms with van der Waals surface area (Å²) in [6.07, 6.45) is -5.02. The number of hydrogen-bond donors (Lipinski definition) is 0. The third-order valence-electron chi connectivity index (χ3n) is 1.52. The van der Waals surface area contributed by atoms with Gasteiger partial charge in [-0.05, 0) is 12.1 Å². The molecule has 0 heterocycles. The van der Waals surface area contributed by atoms with E-state index in [1.807, 2.05) is 0 Å². The van der Waals surface area contributed by atoms with Gasteiger partial charge in [0.25, 0.3) is 0 Å². The Morgan fingerprint density at radius 2 is 1.88 bits per heavy atom. The molecule has 0 bridgehead atoms. The van der Waals surface area contributed by atoms with Gasteiger partial charge >= 0.3 is 13.0 Å². The largest absolute Gasteiger partial charge is 0.573 e. The van der Waals surface area contributed by atoms with Gasteiger partial charge in [0.05, 0.1) is 5.56 Å². The lowest BCUT2D eigenvalue weighted by atomic mass is 10.2. The van der Waals surface area contributed by atoms with Crippen molar-refractivity contribution in [3.8, 4) is 17.6 Å². The fraction of sp³-hybridized carbons (Fsp3) is 0.222. The lowest BCUT2D eigenvalue weighted by molar-refractivity contribution is -0.274. The molecular formula is C9H4F5NO2. The Morgan fingerprint density at radius 1 is 1.24 bits per heavy atom. The highest BCUT2D eigenvalue weighted by atomic mass is 19.4. The molecule has 0 atom stereocenters. The van der Waals surface area contributed by atoms with Crippen molar-refractivity contribution in [2.45, 2.75) is 13.0 Å². The van der Waals surface area contributed by atoms with Gasteiger partial charge in [-0.25, -0.2) is 0 Å². The maximum Gasteiger partial charge on any atom is 0.573 e. The normalized spacial score (nSPS) is 11.1. The standard InChI is InChI=1S/C9H4F5NO2/c10-8(11)16-6-2-1-5(4-15)7(3-6)17-9(12,13)14/h1-3,8H. The molecule has 0 spiro atoms. The minimum atomic E-state index is -5.02. The molecule has 92 valence electrons. The first-order chi connectivity index (χ1) is 7.81. The molecule has 0 aliphatic rings. The van der Waals surface area contributed by atoms with Gasteiger partial charge in [-0.2, -0.15) is 14.0 Å². The van der Waals surface area contributed by atoms with Gasteiger partial charge in [0.1, 0.15) is 11.8 Å². The molecular weight excluding hydrogens is 249 g/mol. The van der Waals surface area contributed by atoms with Crippen molar-refractivity contribution in [2.24, 2.45) is 0 Å². The summed E-state index contributed by atoms with van der Waals surface area (Å²) in [6, 6.07) is 3.82. The topological polar surface area (TPSA) is 42.2 Å².